The molecule has 7 heteroatoms. The number of carbonyl (C=O) groups excluding carboxylic acids is 1. The molecule has 0 saturated heterocycles. The van der Waals surface area contributed by atoms with Gasteiger partial charge in [0.2, 0.25) is 15.9 Å². The van der Waals surface area contributed by atoms with Gasteiger partial charge in [-0.2, -0.15) is 4.31 Å². The van der Waals surface area contributed by atoms with E-state index in [0.717, 1.165) is 36.0 Å². The molecule has 1 aliphatic heterocycles. The Labute approximate surface area is 205 Å². The normalized spacial score (nSPS) is 18.4. The topological polar surface area (TPSA) is 57.7 Å². The van der Waals surface area contributed by atoms with E-state index in [2.05, 4.69) is 35.7 Å². The zero-order valence-electron chi connectivity index (χ0n) is 19.1. The van der Waals surface area contributed by atoms with Crippen molar-refractivity contribution in [3.05, 3.63) is 98.6 Å². The average Bonchev–Trinajstić information content (AvgIpc) is 3.57. The molecule has 5 rings (SSSR count). The van der Waals surface area contributed by atoms with Crippen LogP contribution in [0.2, 0.25) is 0 Å². The summed E-state index contributed by atoms with van der Waals surface area (Å²) in [7, 11) is -3.72. The second kappa shape index (κ2) is 9.49. The standard InChI is InChI=1S/C27H28N2O3S2/c1-20-7-9-22(10-8-20)27-24-14-17-33-25(24)13-16-28(27)26(30)19-29(23-11-12-23)34(31,32)18-15-21-5-3-2-4-6-21/h2-10,14-15,17-18,23,27H,11-13,16,19H2,1H3/b18-15+. The Bertz CT molecular complexity index is 1290. The molecule has 1 amide bonds. The number of sulfonamides is 1. The molecule has 5 nitrogen and oxygen atoms in total. The molecule has 1 aliphatic carbocycles. The number of hydrogen-bond donors (Lipinski definition) is 0. The highest BCUT2D eigenvalue weighted by atomic mass is 32.2. The molecule has 1 atom stereocenters. The van der Waals surface area contributed by atoms with Crippen molar-refractivity contribution in [3.8, 4) is 0 Å². The van der Waals surface area contributed by atoms with Gasteiger partial charge in [-0.25, -0.2) is 8.42 Å². The fourth-order valence-corrected chi connectivity index (χ4v) is 6.82. The Hall–Kier alpha value is -2.74. The summed E-state index contributed by atoms with van der Waals surface area (Å²) in [5.74, 6) is -0.147. The molecule has 0 spiro atoms. The van der Waals surface area contributed by atoms with E-state index in [1.54, 1.807) is 17.4 Å². The molecule has 1 fully saturated rings. The predicted octanol–water partition coefficient (Wildman–Crippen LogP) is 5.00. The highest BCUT2D eigenvalue weighted by Crippen LogP contribution is 2.38. The van der Waals surface area contributed by atoms with E-state index in [1.165, 1.54) is 20.2 Å². The number of aryl methyl sites for hydroxylation is 1. The maximum atomic E-state index is 13.6. The maximum absolute atomic E-state index is 13.6. The summed E-state index contributed by atoms with van der Waals surface area (Å²) in [4.78, 5) is 16.8. The predicted molar refractivity (Wildman–Crippen MR) is 137 cm³/mol. The van der Waals surface area contributed by atoms with Gasteiger partial charge >= 0.3 is 0 Å². The van der Waals surface area contributed by atoms with Crippen molar-refractivity contribution in [2.75, 3.05) is 13.1 Å². The first kappa shape index (κ1) is 23.0. The number of hydrogen-bond acceptors (Lipinski definition) is 4. The van der Waals surface area contributed by atoms with Crippen LogP contribution in [0.3, 0.4) is 0 Å². The van der Waals surface area contributed by atoms with Crippen LogP contribution < -0.4 is 0 Å². The number of fused-ring (bicyclic) bond motifs is 1. The molecule has 2 aliphatic rings. The first-order valence-corrected chi connectivity index (χ1v) is 14.0. The van der Waals surface area contributed by atoms with Crippen LogP contribution in [0.15, 0.2) is 71.5 Å². The van der Waals surface area contributed by atoms with Crippen molar-refractivity contribution in [1.29, 1.82) is 0 Å². The first-order chi connectivity index (χ1) is 16.4. The Balaban J connectivity index is 1.41. The van der Waals surface area contributed by atoms with Crippen molar-refractivity contribution in [3.63, 3.8) is 0 Å². The van der Waals surface area contributed by atoms with Crippen molar-refractivity contribution in [2.24, 2.45) is 0 Å². The molecule has 0 radical (unpaired) electrons. The summed E-state index contributed by atoms with van der Waals surface area (Å²) < 4.78 is 27.8. The molecule has 176 valence electrons. The summed E-state index contributed by atoms with van der Waals surface area (Å²) >= 11 is 1.72. The number of benzene rings is 2. The SMILES string of the molecule is Cc1ccc(C2c3ccsc3CCN2C(=O)CN(C2CC2)S(=O)(=O)/C=C/c2ccccc2)cc1. The number of amides is 1. The van der Waals surface area contributed by atoms with Gasteiger partial charge in [-0.3, -0.25) is 4.79 Å². The summed E-state index contributed by atoms with van der Waals surface area (Å²) in [6.07, 6.45) is 3.98. The summed E-state index contributed by atoms with van der Waals surface area (Å²) in [6.45, 7) is 2.50. The molecule has 3 aromatic rings. The van der Waals surface area contributed by atoms with Crippen LogP contribution in [0.4, 0.5) is 0 Å². The molecule has 0 N–H and O–H groups in total. The number of thiophene rings is 1. The highest BCUT2D eigenvalue weighted by molar-refractivity contribution is 7.92. The molecule has 1 saturated carbocycles. The third-order valence-corrected chi connectivity index (χ3v) is 9.04. The summed E-state index contributed by atoms with van der Waals surface area (Å²) in [5, 5.41) is 3.31. The van der Waals surface area contributed by atoms with Gasteiger partial charge in [0, 0.05) is 22.9 Å². The van der Waals surface area contributed by atoms with E-state index in [9.17, 15) is 13.2 Å². The van der Waals surface area contributed by atoms with E-state index in [4.69, 9.17) is 0 Å². The smallest absolute Gasteiger partial charge is 0.238 e. The van der Waals surface area contributed by atoms with E-state index in [-0.39, 0.29) is 24.5 Å². The second-order valence-electron chi connectivity index (χ2n) is 8.98. The summed E-state index contributed by atoms with van der Waals surface area (Å²) in [5.41, 5.74) is 4.19. The molecule has 1 aromatic heterocycles. The Morgan fingerprint density at radius 2 is 1.82 bits per heavy atom. The van der Waals surface area contributed by atoms with Gasteiger partial charge in [-0.1, -0.05) is 60.2 Å². The summed E-state index contributed by atoms with van der Waals surface area (Å²) in [6, 6.07) is 19.4. The van der Waals surface area contributed by atoms with Crippen molar-refractivity contribution >= 4 is 33.3 Å². The number of carbonyl (C=O) groups is 1. The van der Waals surface area contributed by atoms with Gasteiger partial charge in [-0.15, -0.1) is 11.3 Å². The Kier molecular flexibility index (Phi) is 6.42. The first-order valence-electron chi connectivity index (χ1n) is 11.6. The Morgan fingerprint density at radius 1 is 1.09 bits per heavy atom. The molecule has 2 heterocycles. The van der Waals surface area contributed by atoms with E-state index in [0.29, 0.717) is 6.54 Å². The lowest BCUT2D eigenvalue weighted by atomic mass is 9.92. The van der Waals surface area contributed by atoms with Crippen molar-refractivity contribution in [2.45, 2.75) is 38.3 Å². The van der Waals surface area contributed by atoms with Gasteiger partial charge < -0.3 is 4.90 Å². The van der Waals surface area contributed by atoms with Gasteiger partial charge in [0.1, 0.15) is 0 Å². The highest BCUT2D eigenvalue weighted by Gasteiger charge is 2.40. The second-order valence-corrected chi connectivity index (χ2v) is 11.8. The van der Waals surface area contributed by atoms with Gasteiger partial charge in [-0.05, 0) is 60.4 Å². The number of nitrogens with zero attached hydrogens (tertiary/aromatic N) is 2. The van der Waals surface area contributed by atoms with Crippen LogP contribution in [0.5, 0.6) is 0 Å². The fraction of sp³-hybridized carbons (Fsp3) is 0.296. The lowest BCUT2D eigenvalue weighted by molar-refractivity contribution is -0.133. The van der Waals surface area contributed by atoms with Gasteiger partial charge in [0.05, 0.1) is 12.6 Å². The van der Waals surface area contributed by atoms with Crippen molar-refractivity contribution in [1.82, 2.24) is 9.21 Å². The molecule has 2 aromatic carbocycles. The van der Waals surface area contributed by atoms with Crippen LogP contribution in [0.1, 0.15) is 46.0 Å². The molecule has 0 bridgehead atoms. The van der Waals surface area contributed by atoms with Gasteiger partial charge in [0.25, 0.3) is 0 Å². The van der Waals surface area contributed by atoms with Crippen LogP contribution in [0, 0.1) is 6.92 Å². The molecule has 34 heavy (non-hydrogen) atoms. The third-order valence-electron chi connectivity index (χ3n) is 6.48. The lowest BCUT2D eigenvalue weighted by Crippen LogP contribution is -2.47. The molecule has 1 unspecified atom stereocenters. The quantitative estimate of drug-likeness (QED) is 0.467. The maximum Gasteiger partial charge on any atom is 0.238 e. The van der Waals surface area contributed by atoms with Crippen LogP contribution >= 0.6 is 11.3 Å². The largest absolute Gasteiger partial charge is 0.330 e. The molecular weight excluding hydrogens is 464 g/mol. The zero-order chi connectivity index (χ0) is 23.7. The minimum atomic E-state index is -3.72. The molecular formula is C27H28N2O3S2. The third kappa shape index (κ3) is 4.87. The van der Waals surface area contributed by atoms with Crippen molar-refractivity contribution < 1.29 is 13.2 Å². The van der Waals surface area contributed by atoms with E-state index >= 15 is 0 Å². The van der Waals surface area contributed by atoms with Gasteiger partial charge in [0.15, 0.2) is 0 Å². The number of rotatable bonds is 7. The average molecular weight is 493 g/mol. The van der Waals surface area contributed by atoms with Crippen LogP contribution in [0.25, 0.3) is 6.08 Å². The minimum absolute atomic E-state index is 0.103. The van der Waals surface area contributed by atoms with Crippen LogP contribution in [-0.2, 0) is 21.2 Å². The monoisotopic (exact) mass is 492 g/mol. The lowest BCUT2D eigenvalue weighted by Gasteiger charge is -2.37. The zero-order valence-corrected chi connectivity index (χ0v) is 20.8. The van der Waals surface area contributed by atoms with Crippen LogP contribution in [-0.4, -0.2) is 42.7 Å². The van der Waals surface area contributed by atoms with E-state index in [1.807, 2.05) is 42.2 Å². The Morgan fingerprint density at radius 3 is 2.53 bits per heavy atom. The minimum Gasteiger partial charge on any atom is -0.330 e. The fourth-order valence-electron chi connectivity index (χ4n) is 4.51. The van der Waals surface area contributed by atoms with E-state index < -0.39 is 10.0 Å².